The zero-order valence-electron chi connectivity index (χ0n) is 12.1. The standard InChI is InChI=1S/C17H15N3O2/c1-2-22-17(21)15-11-20-16(14-9-5-6-10-19(14)15)12-7-3-4-8-13(12)18-20/h3-11,18H,2H2,1H3. The van der Waals surface area contributed by atoms with E-state index in [1.54, 1.807) is 13.1 Å². The Kier molecular flexibility index (Phi) is 2.79. The molecule has 5 nitrogen and oxygen atoms in total. The SMILES string of the molecule is CCOC(=O)C1=CN2Nc3ccccc3C2=C2C=CC=CN12. The van der Waals surface area contributed by atoms with Gasteiger partial charge < -0.3 is 9.64 Å². The van der Waals surface area contributed by atoms with Gasteiger partial charge in [0.25, 0.3) is 0 Å². The number of hydrogen-bond acceptors (Lipinski definition) is 5. The monoisotopic (exact) mass is 293 g/mol. The zero-order chi connectivity index (χ0) is 15.1. The first-order valence-corrected chi connectivity index (χ1v) is 7.22. The van der Waals surface area contributed by atoms with Gasteiger partial charge in [0.2, 0.25) is 0 Å². The number of rotatable bonds is 2. The van der Waals surface area contributed by atoms with Crippen LogP contribution in [0.25, 0.3) is 5.70 Å². The molecule has 0 fully saturated rings. The number of esters is 1. The van der Waals surface area contributed by atoms with Crippen LogP contribution in [0.5, 0.6) is 0 Å². The lowest BCUT2D eigenvalue weighted by molar-refractivity contribution is -0.139. The number of para-hydroxylation sites is 1. The summed E-state index contributed by atoms with van der Waals surface area (Å²) in [6.45, 7) is 2.16. The molecule has 0 amide bonds. The fourth-order valence-electron chi connectivity index (χ4n) is 2.85. The van der Waals surface area contributed by atoms with Gasteiger partial charge in [0.05, 0.1) is 29.9 Å². The minimum atomic E-state index is -0.336. The fraction of sp³-hybridized carbons (Fsp3) is 0.118. The molecule has 1 aromatic rings. The Labute approximate surface area is 128 Å². The number of allylic oxidation sites excluding steroid dienone is 3. The second-order valence-electron chi connectivity index (χ2n) is 5.07. The summed E-state index contributed by atoms with van der Waals surface area (Å²) in [4.78, 5) is 14.1. The molecule has 0 radical (unpaired) electrons. The van der Waals surface area contributed by atoms with Crippen LogP contribution in [-0.2, 0) is 9.53 Å². The molecule has 1 N–H and O–H groups in total. The number of hydrogen-bond donors (Lipinski definition) is 1. The highest BCUT2D eigenvalue weighted by molar-refractivity contribution is 5.93. The second kappa shape index (κ2) is 4.80. The molecular weight excluding hydrogens is 278 g/mol. The number of carbonyl (C=O) groups is 1. The first kappa shape index (κ1) is 12.8. The van der Waals surface area contributed by atoms with Crippen LogP contribution in [0.1, 0.15) is 12.5 Å². The van der Waals surface area contributed by atoms with E-state index >= 15 is 0 Å². The number of carbonyl (C=O) groups excluding carboxylic acids is 1. The molecule has 3 aliphatic heterocycles. The van der Waals surface area contributed by atoms with Crippen molar-refractivity contribution >= 4 is 17.4 Å². The van der Waals surface area contributed by atoms with Gasteiger partial charge in [0, 0.05) is 11.8 Å². The van der Waals surface area contributed by atoms with Crippen LogP contribution in [0, 0.1) is 0 Å². The first-order chi connectivity index (χ1) is 10.8. The fourth-order valence-corrected chi connectivity index (χ4v) is 2.85. The van der Waals surface area contributed by atoms with Gasteiger partial charge in [-0.15, -0.1) is 0 Å². The van der Waals surface area contributed by atoms with Crippen LogP contribution < -0.4 is 5.43 Å². The summed E-state index contributed by atoms with van der Waals surface area (Å²) in [5, 5.41) is 1.88. The third-order valence-corrected chi connectivity index (χ3v) is 3.76. The van der Waals surface area contributed by atoms with Crippen LogP contribution in [0.2, 0.25) is 0 Å². The first-order valence-electron chi connectivity index (χ1n) is 7.22. The Morgan fingerprint density at radius 1 is 1.27 bits per heavy atom. The summed E-state index contributed by atoms with van der Waals surface area (Å²) in [5.41, 5.74) is 7.91. The number of fused-ring (bicyclic) bond motifs is 4. The number of hydrazine groups is 1. The van der Waals surface area contributed by atoms with Crippen LogP contribution >= 0.6 is 0 Å². The van der Waals surface area contributed by atoms with Crippen LogP contribution in [0.15, 0.2) is 66.3 Å². The van der Waals surface area contributed by atoms with E-state index in [1.807, 2.05) is 52.5 Å². The van der Waals surface area contributed by atoms with Crippen molar-refractivity contribution in [1.29, 1.82) is 0 Å². The molecule has 3 heterocycles. The predicted molar refractivity (Wildman–Crippen MR) is 83.7 cm³/mol. The normalized spacial score (nSPS) is 17.6. The van der Waals surface area contributed by atoms with Crippen molar-refractivity contribution in [1.82, 2.24) is 9.91 Å². The van der Waals surface area contributed by atoms with Gasteiger partial charge in [0.1, 0.15) is 0 Å². The average Bonchev–Trinajstić information content (AvgIpc) is 2.93. The minimum absolute atomic E-state index is 0.336. The molecule has 0 bridgehead atoms. The van der Waals surface area contributed by atoms with Crippen molar-refractivity contribution in [2.24, 2.45) is 0 Å². The number of nitrogens with zero attached hydrogens (tertiary/aromatic N) is 2. The van der Waals surface area contributed by atoms with Gasteiger partial charge in [-0.3, -0.25) is 10.4 Å². The predicted octanol–water partition coefficient (Wildman–Crippen LogP) is 2.80. The van der Waals surface area contributed by atoms with Gasteiger partial charge in [0.15, 0.2) is 5.70 Å². The summed E-state index contributed by atoms with van der Waals surface area (Å²) >= 11 is 0. The number of benzene rings is 1. The Bertz CT molecular complexity index is 774. The maximum atomic E-state index is 12.2. The average molecular weight is 293 g/mol. The Morgan fingerprint density at radius 3 is 3.00 bits per heavy atom. The largest absolute Gasteiger partial charge is 0.461 e. The molecule has 1 aromatic carbocycles. The van der Waals surface area contributed by atoms with Gasteiger partial charge in [-0.25, -0.2) is 4.79 Å². The highest BCUT2D eigenvalue weighted by atomic mass is 16.5. The maximum Gasteiger partial charge on any atom is 0.356 e. The third kappa shape index (κ3) is 1.75. The van der Waals surface area contributed by atoms with Crippen LogP contribution in [-0.4, -0.2) is 22.5 Å². The number of anilines is 1. The lowest BCUT2D eigenvalue weighted by atomic mass is 10.1. The number of ether oxygens (including phenoxy) is 1. The van der Waals surface area contributed by atoms with Crippen molar-refractivity contribution in [3.8, 4) is 0 Å². The van der Waals surface area contributed by atoms with E-state index in [9.17, 15) is 4.79 Å². The molecule has 0 unspecified atom stereocenters. The van der Waals surface area contributed by atoms with Crippen molar-refractivity contribution in [2.45, 2.75) is 6.92 Å². The topological polar surface area (TPSA) is 44.8 Å². The second-order valence-corrected chi connectivity index (χ2v) is 5.07. The van der Waals surface area contributed by atoms with E-state index in [-0.39, 0.29) is 5.97 Å². The van der Waals surface area contributed by atoms with Crippen molar-refractivity contribution in [3.05, 3.63) is 71.9 Å². The third-order valence-electron chi connectivity index (χ3n) is 3.76. The van der Waals surface area contributed by atoms with Crippen molar-refractivity contribution < 1.29 is 9.53 Å². The zero-order valence-corrected chi connectivity index (χ0v) is 12.1. The van der Waals surface area contributed by atoms with Gasteiger partial charge in [-0.1, -0.05) is 24.3 Å². The van der Waals surface area contributed by atoms with Crippen molar-refractivity contribution in [3.63, 3.8) is 0 Å². The van der Waals surface area contributed by atoms with E-state index in [1.165, 1.54) is 0 Å². The van der Waals surface area contributed by atoms with Crippen LogP contribution in [0.4, 0.5) is 5.69 Å². The Morgan fingerprint density at radius 2 is 2.14 bits per heavy atom. The van der Waals surface area contributed by atoms with E-state index in [4.69, 9.17) is 4.74 Å². The summed E-state index contributed by atoms with van der Waals surface area (Å²) in [6, 6.07) is 8.08. The molecule has 4 rings (SSSR count). The van der Waals surface area contributed by atoms with Gasteiger partial charge >= 0.3 is 5.97 Å². The molecule has 5 heteroatoms. The summed E-state index contributed by atoms with van der Waals surface area (Å²) in [5.74, 6) is -0.336. The lowest BCUT2D eigenvalue weighted by Gasteiger charge is -2.33. The summed E-state index contributed by atoms with van der Waals surface area (Å²) in [6.07, 6.45) is 9.52. The molecular formula is C17H15N3O2. The van der Waals surface area contributed by atoms with Gasteiger partial charge in [-0.05, 0) is 25.1 Å². The smallest absolute Gasteiger partial charge is 0.356 e. The molecule has 0 saturated carbocycles. The quantitative estimate of drug-likeness (QED) is 0.850. The molecule has 0 atom stereocenters. The van der Waals surface area contributed by atoms with Crippen LogP contribution in [0.3, 0.4) is 0 Å². The molecule has 3 aliphatic rings. The molecule has 0 spiro atoms. The molecule has 0 saturated heterocycles. The molecule has 0 aliphatic carbocycles. The molecule has 110 valence electrons. The highest BCUT2D eigenvalue weighted by Crippen LogP contribution is 2.42. The van der Waals surface area contributed by atoms with E-state index in [0.717, 1.165) is 22.6 Å². The Hall–Kier alpha value is -2.95. The van der Waals surface area contributed by atoms with E-state index in [2.05, 4.69) is 11.5 Å². The number of nitrogens with one attached hydrogen (secondary N) is 1. The lowest BCUT2D eigenvalue weighted by Crippen LogP contribution is -2.33. The maximum absolute atomic E-state index is 12.2. The van der Waals surface area contributed by atoms with Gasteiger partial charge in [-0.2, -0.15) is 0 Å². The Balaban J connectivity index is 1.85. The van der Waals surface area contributed by atoms with E-state index in [0.29, 0.717) is 12.3 Å². The molecule has 0 aromatic heterocycles. The molecule has 22 heavy (non-hydrogen) atoms. The summed E-state index contributed by atoms with van der Waals surface area (Å²) < 4.78 is 5.17. The van der Waals surface area contributed by atoms with Crippen molar-refractivity contribution in [2.75, 3.05) is 12.0 Å². The minimum Gasteiger partial charge on any atom is -0.461 e. The van der Waals surface area contributed by atoms with E-state index < -0.39 is 0 Å². The highest BCUT2D eigenvalue weighted by Gasteiger charge is 2.35. The summed E-state index contributed by atoms with van der Waals surface area (Å²) in [7, 11) is 0.